The van der Waals surface area contributed by atoms with Crippen LogP contribution in [-0.2, 0) is 14.4 Å². The van der Waals surface area contributed by atoms with Crippen LogP contribution in [0.5, 0.6) is 0 Å². The summed E-state index contributed by atoms with van der Waals surface area (Å²) in [5.74, 6) is 0.528. The van der Waals surface area contributed by atoms with Gasteiger partial charge in [-0.2, -0.15) is 0 Å². The first-order chi connectivity index (χ1) is 8.74. The molecule has 0 N–H and O–H groups in total. The fourth-order valence-corrected chi connectivity index (χ4v) is 2.67. The Morgan fingerprint density at radius 1 is 1.21 bits per heavy atom. The van der Waals surface area contributed by atoms with E-state index in [9.17, 15) is 9.59 Å². The lowest BCUT2D eigenvalue weighted by molar-refractivity contribution is -0.171. The lowest BCUT2D eigenvalue weighted by Gasteiger charge is -2.26. The molecule has 0 spiro atoms. The smallest absolute Gasteiger partial charge is 0.410 e. The predicted molar refractivity (Wildman–Crippen MR) is 68.1 cm³/mol. The van der Waals surface area contributed by atoms with Gasteiger partial charge in [0.25, 0.3) is 0 Å². The molecule has 6 heteroatoms. The SMILES string of the molecule is CON(C)C(=O)C1C2CN(C(=O)OC(C)(C)C)CC21. The fourth-order valence-electron chi connectivity index (χ4n) is 2.67. The van der Waals surface area contributed by atoms with Crippen molar-refractivity contribution in [2.45, 2.75) is 26.4 Å². The molecule has 0 aromatic carbocycles. The normalized spacial score (nSPS) is 28.9. The third kappa shape index (κ3) is 2.83. The number of hydroxylamine groups is 2. The minimum Gasteiger partial charge on any atom is -0.444 e. The highest BCUT2D eigenvalue weighted by atomic mass is 16.7. The summed E-state index contributed by atoms with van der Waals surface area (Å²) < 4.78 is 5.32. The molecule has 0 aromatic rings. The molecule has 2 fully saturated rings. The maximum Gasteiger partial charge on any atom is 0.410 e. The molecular weight excluding hydrogens is 248 g/mol. The van der Waals surface area contributed by atoms with Crippen LogP contribution in [0.25, 0.3) is 0 Å². The molecule has 108 valence electrons. The van der Waals surface area contributed by atoms with Crippen molar-refractivity contribution in [2.75, 3.05) is 27.2 Å². The van der Waals surface area contributed by atoms with Gasteiger partial charge in [0, 0.05) is 20.1 Å². The summed E-state index contributed by atoms with van der Waals surface area (Å²) in [6.07, 6.45) is -0.286. The summed E-state index contributed by atoms with van der Waals surface area (Å²) in [5, 5.41) is 1.26. The van der Waals surface area contributed by atoms with Crippen molar-refractivity contribution in [1.82, 2.24) is 9.96 Å². The topological polar surface area (TPSA) is 59.1 Å². The van der Waals surface area contributed by atoms with Crippen molar-refractivity contribution >= 4 is 12.0 Å². The van der Waals surface area contributed by atoms with E-state index in [0.717, 1.165) is 0 Å². The van der Waals surface area contributed by atoms with Gasteiger partial charge in [-0.25, -0.2) is 9.86 Å². The van der Waals surface area contributed by atoms with Crippen molar-refractivity contribution < 1.29 is 19.2 Å². The Bertz CT molecular complexity index is 379. The fraction of sp³-hybridized carbons (Fsp3) is 0.846. The minimum absolute atomic E-state index is 0.00124. The second-order valence-corrected chi connectivity index (χ2v) is 6.26. The van der Waals surface area contributed by atoms with Gasteiger partial charge in [0.2, 0.25) is 5.91 Å². The lowest BCUT2D eigenvalue weighted by atomic mass is 10.2. The molecule has 1 aliphatic heterocycles. The van der Waals surface area contributed by atoms with Crippen molar-refractivity contribution in [2.24, 2.45) is 17.8 Å². The van der Waals surface area contributed by atoms with Gasteiger partial charge in [-0.05, 0) is 32.6 Å². The number of ether oxygens (including phenoxy) is 1. The number of carbonyl (C=O) groups excluding carboxylic acids is 2. The summed E-state index contributed by atoms with van der Waals surface area (Å²) in [7, 11) is 3.09. The molecule has 1 saturated carbocycles. The first-order valence-corrected chi connectivity index (χ1v) is 6.54. The summed E-state index contributed by atoms with van der Waals surface area (Å²) in [6.45, 7) is 6.76. The zero-order valence-electron chi connectivity index (χ0n) is 12.2. The van der Waals surface area contributed by atoms with E-state index < -0.39 is 5.60 Å². The Kier molecular flexibility index (Phi) is 3.47. The van der Waals surface area contributed by atoms with E-state index in [1.54, 1.807) is 11.9 Å². The summed E-state index contributed by atoms with van der Waals surface area (Å²) >= 11 is 0. The van der Waals surface area contributed by atoms with Crippen molar-refractivity contribution in [3.63, 3.8) is 0 Å². The number of carbonyl (C=O) groups is 2. The van der Waals surface area contributed by atoms with Crippen LogP contribution in [0.15, 0.2) is 0 Å². The van der Waals surface area contributed by atoms with Gasteiger partial charge in [-0.1, -0.05) is 0 Å². The standard InChI is InChI=1S/C13H22N2O4/c1-13(2,3)19-12(17)15-6-8-9(7-15)10(8)11(16)14(4)18-5/h8-10H,6-7H2,1-5H3. The third-order valence-corrected chi connectivity index (χ3v) is 3.72. The van der Waals surface area contributed by atoms with E-state index in [2.05, 4.69) is 0 Å². The second-order valence-electron chi connectivity index (χ2n) is 6.26. The molecule has 2 aliphatic rings. The van der Waals surface area contributed by atoms with Gasteiger partial charge >= 0.3 is 6.09 Å². The molecule has 1 saturated heterocycles. The van der Waals surface area contributed by atoms with E-state index in [1.165, 1.54) is 12.2 Å². The quantitative estimate of drug-likeness (QED) is 0.706. The monoisotopic (exact) mass is 270 g/mol. The molecule has 0 aromatic heterocycles. The second kappa shape index (κ2) is 4.67. The van der Waals surface area contributed by atoms with E-state index >= 15 is 0 Å². The molecule has 0 bridgehead atoms. The zero-order chi connectivity index (χ0) is 14.4. The summed E-state index contributed by atoms with van der Waals surface area (Å²) in [5.41, 5.74) is -0.477. The Labute approximate surface area is 113 Å². The number of piperidine rings is 1. The van der Waals surface area contributed by atoms with Crippen LogP contribution >= 0.6 is 0 Å². The van der Waals surface area contributed by atoms with Gasteiger partial charge < -0.3 is 9.64 Å². The molecular formula is C13H22N2O4. The Balaban J connectivity index is 1.84. The molecule has 1 heterocycles. The summed E-state index contributed by atoms with van der Waals surface area (Å²) in [4.78, 5) is 30.4. The third-order valence-electron chi connectivity index (χ3n) is 3.72. The maximum absolute atomic E-state index is 11.9. The Morgan fingerprint density at radius 3 is 2.16 bits per heavy atom. The molecule has 6 nitrogen and oxygen atoms in total. The number of rotatable bonds is 2. The number of fused-ring (bicyclic) bond motifs is 1. The zero-order valence-corrected chi connectivity index (χ0v) is 12.2. The molecule has 2 unspecified atom stereocenters. The van der Waals surface area contributed by atoms with Crippen LogP contribution in [0.3, 0.4) is 0 Å². The van der Waals surface area contributed by atoms with Gasteiger partial charge in [-0.3, -0.25) is 9.63 Å². The van der Waals surface area contributed by atoms with Crippen molar-refractivity contribution in [3.05, 3.63) is 0 Å². The lowest BCUT2D eigenvalue weighted by Crippen LogP contribution is -2.38. The first-order valence-electron chi connectivity index (χ1n) is 6.54. The van der Waals surface area contributed by atoms with Crippen LogP contribution < -0.4 is 0 Å². The predicted octanol–water partition coefficient (Wildman–Crippen LogP) is 1.12. The van der Waals surface area contributed by atoms with Crippen LogP contribution in [0.2, 0.25) is 0 Å². The number of hydrogen-bond donors (Lipinski definition) is 0. The van der Waals surface area contributed by atoms with Crippen LogP contribution in [0.4, 0.5) is 4.79 Å². The minimum atomic E-state index is -0.477. The molecule has 2 rings (SSSR count). The number of nitrogens with zero attached hydrogens (tertiary/aromatic N) is 2. The van der Waals surface area contributed by atoms with Gasteiger partial charge in [0.05, 0.1) is 13.0 Å². The summed E-state index contributed by atoms with van der Waals surface area (Å²) in [6, 6.07) is 0. The molecule has 0 radical (unpaired) electrons. The molecule has 2 amide bonds. The van der Waals surface area contributed by atoms with Gasteiger partial charge in [-0.15, -0.1) is 0 Å². The van der Waals surface area contributed by atoms with Gasteiger partial charge in [0.1, 0.15) is 5.60 Å². The average molecular weight is 270 g/mol. The Morgan fingerprint density at radius 2 is 1.74 bits per heavy atom. The average Bonchev–Trinajstić information content (AvgIpc) is 2.78. The van der Waals surface area contributed by atoms with E-state index in [-0.39, 0.29) is 29.8 Å². The highest BCUT2D eigenvalue weighted by Gasteiger charge is 2.61. The van der Waals surface area contributed by atoms with E-state index in [0.29, 0.717) is 13.1 Å². The van der Waals surface area contributed by atoms with E-state index in [1.807, 2.05) is 20.8 Å². The number of hydrogen-bond acceptors (Lipinski definition) is 4. The Hall–Kier alpha value is -1.30. The van der Waals surface area contributed by atoms with E-state index in [4.69, 9.17) is 9.57 Å². The largest absolute Gasteiger partial charge is 0.444 e. The highest BCUT2D eigenvalue weighted by Crippen LogP contribution is 2.52. The van der Waals surface area contributed by atoms with Crippen LogP contribution in [-0.4, -0.2) is 54.8 Å². The molecule has 19 heavy (non-hydrogen) atoms. The molecule has 1 aliphatic carbocycles. The van der Waals surface area contributed by atoms with Gasteiger partial charge in [0.15, 0.2) is 0 Å². The molecule has 2 atom stereocenters. The first kappa shape index (κ1) is 14.1. The van der Waals surface area contributed by atoms with Crippen molar-refractivity contribution in [1.29, 1.82) is 0 Å². The number of amides is 2. The highest BCUT2D eigenvalue weighted by molar-refractivity contribution is 5.82. The number of likely N-dealkylation sites (tertiary alicyclic amines) is 1. The van der Waals surface area contributed by atoms with Crippen molar-refractivity contribution in [3.8, 4) is 0 Å². The van der Waals surface area contributed by atoms with Crippen LogP contribution in [0, 0.1) is 17.8 Å². The maximum atomic E-state index is 11.9. The van der Waals surface area contributed by atoms with Crippen LogP contribution in [0.1, 0.15) is 20.8 Å².